The lowest BCUT2D eigenvalue weighted by Gasteiger charge is -2.23. The molecule has 0 unspecified atom stereocenters. The maximum atomic E-state index is 4.53. The van der Waals surface area contributed by atoms with Gasteiger partial charge in [0, 0.05) is 19.8 Å². The van der Waals surface area contributed by atoms with Gasteiger partial charge in [-0.15, -0.1) is 0 Å². The van der Waals surface area contributed by atoms with E-state index in [9.17, 15) is 0 Å². The highest BCUT2D eigenvalue weighted by Crippen LogP contribution is 2.22. The van der Waals surface area contributed by atoms with E-state index in [-0.39, 0.29) is 0 Å². The molecule has 4 heteroatoms. The van der Waals surface area contributed by atoms with Crippen LogP contribution in [-0.2, 0) is 12.8 Å². The highest BCUT2D eigenvalue weighted by Gasteiger charge is 2.18. The molecule has 4 nitrogen and oxygen atoms in total. The van der Waals surface area contributed by atoms with E-state index in [1.807, 2.05) is 7.05 Å². The molecular formula is C15H24N4. The molecule has 19 heavy (non-hydrogen) atoms. The van der Waals surface area contributed by atoms with Gasteiger partial charge < -0.3 is 5.32 Å². The Bertz CT molecular complexity index is 445. The lowest BCUT2D eigenvalue weighted by atomic mass is 10.0. The molecule has 2 rings (SSSR count). The second-order valence-electron chi connectivity index (χ2n) is 4.91. The molecule has 104 valence electrons. The average Bonchev–Trinajstić information content (AvgIpc) is 2.76. The molecule has 0 radical (unpaired) electrons. The predicted molar refractivity (Wildman–Crippen MR) is 81.5 cm³/mol. The van der Waals surface area contributed by atoms with Crippen LogP contribution in [0, 0.1) is 0 Å². The van der Waals surface area contributed by atoms with Crippen molar-refractivity contribution in [2.75, 3.05) is 32.6 Å². The van der Waals surface area contributed by atoms with Crippen LogP contribution in [-0.4, -0.2) is 43.2 Å². The maximum absolute atomic E-state index is 4.53. The van der Waals surface area contributed by atoms with Crippen LogP contribution in [0.5, 0.6) is 0 Å². The molecule has 0 bridgehead atoms. The molecule has 0 saturated heterocycles. The predicted octanol–water partition coefficient (Wildman–Crippen LogP) is 2.37. The Balaban J connectivity index is 2.11. The van der Waals surface area contributed by atoms with E-state index < -0.39 is 0 Å². The smallest absolute Gasteiger partial charge is 0.134 e. The van der Waals surface area contributed by atoms with Crippen LogP contribution in [0.1, 0.15) is 25.0 Å². The van der Waals surface area contributed by atoms with Gasteiger partial charge in [0.2, 0.25) is 0 Å². The van der Waals surface area contributed by atoms with E-state index in [4.69, 9.17) is 0 Å². The number of hydrazine groups is 1. The number of aliphatic imine (C=N–C) groups is 1. The highest BCUT2D eigenvalue weighted by molar-refractivity contribution is 5.87. The molecule has 0 aromatic heterocycles. The van der Waals surface area contributed by atoms with E-state index in [1.165, 1.54) is 16.8 Å². The summed E-state index contributed by atoms with van der Waals surface area (Å²) in [5.74, 6) is 1.09. The fourth-order valence-corrected chi connectivity index (χ4v) is 2.39. The van der Waals surface area contributed by atoms with E-state index >= 15 is 0 Å². The highest BCUT2D eigenvalue weighted by atomic mass is 15.7. The van der Waals surface area contributed by atoms with E-state index in [2.05, 4.69) is 59.4 Å². The Morgan fingerprint density at radius 3 is 2.26 bits per heavy atom. The number of anilines is 1. The molecule has 1 aliphatic rings. The minimum absolute atomic E-state index is 0.754. The van der Waals surface area contributed by atoms with Crippen molar-refractivity contribution in [2.45, 2.75) is 26.7 Å². The second kappa shape index (κ2) is 6.06. The summed E-state index contributed by atoms with van der Waals surface area (Å²) in [5.41, 5.74) is 4.06. The summed E-state index contributed by atoms with van der Waals surface area (Å²) >= 11 is 0. The van der Waals surface area contributed by atoms with Gasteiger partial charge in [0.05, 0.1) is 6.54 Å². The van der Waals surface area contributed by atoms with Crippen molar-refractivity contribution in [2.24, 2.45) is 4.99 Å². The topological polar surface area (TPSA) is 30.9 Å². The average molecular weight is 260 g/mol. The number of hydrogen-bond acceptors (Lipinski definition) is 4. The monoisotopic (exact) mass is 260 g/mol. The zero-order valence-electron chi connectivity index (χ0n) is 12.4. The number of amidine groups is 1. The van der Waals surface area contributed by atoms with Crippen molar-refractivity contribution in [3.63, 3.8) is 0 Å². The fourth-order valence-electron chi connectivity index (χ4n) is 2.39. The van der Waals surface area contributed by atoms with Gasteiger partial charge in [0.25, 0.3) is 0 Å². The van der Waals surface area contributed by atoms with Crippen LogP contribution in [0.4, 0.5) is 5.69 Å². The van der Waals surface area contributed by atoms with Gasteiger partial charge in [0.1, 0.15) is 12.5 Å². The Morgan fingerprint density at radius 1 is 1.16 bits per heavy atom. The zero-order chi connectivity index (χ0) is 13.8. The first-order valence-electron chi connectivity index (χ1n) is 7.00. The van der Waals surface area contributed by atoms with Gasteiger partial charge in [-0.05, 0) is 24.0 Å². The Morgan fingerprint density at radius 2 is 1.79 bits per heavy atom. The summed E-state index contributed by atoms with van der Waals surface area (Å²) in [7, 11) is 4.11. The summed E-state index contributed by atoms with van der Waals surface area (Å²) in [5, 5.41) is 7.78. The number of aryl methyl sites for hydroxylation is 2. The van der Waals surface area contributed by atoms with E-state index in [1.54, 1.807) is 0 Å². The van der Waals surface area contributed by atoms with Gasteiger partial charge in [-0.1, -0.05) is 32.0 Å². The van der Waals surface area contributed by atoms with Gasteiger partial charge in [0.15, 0.2) is 0 Å². The number of nitrogens with zero attached hydrogens (tertiary/aromatic N) is 3. The van der Waals surface area contributed by atoms with Crippen LogP contribution in [0.3, 0.4) is 0 Å². The summed E-state index contributed by atoms with van der Waals surface area (Å²) in [6, 6.07) is 6.55. The third-order valence-corrected chi connectivity index (χ3v) is 3.77. The molecule has 0 atom stereocenters. The molecule has 1 N–H and O–H groups in total. The summed E-state index contributed by atoms with van der Waals surface area (Å²) in [4.78, 5) is 4.53. The Kier molecular flexibility index (Phi) is 4.43. The summed E-state index contributed by atoms with van der Waals surface area (Å²) < 4.78 is 0. The minimum Gasteiger partial charge on any atom is -0.377 e. The van der Waals surface area contributed by atoms with Crippen molar-refractivity contribution in [1.82, 2.24) is 10.0 Å². The maximum Gasteiger partial charge on any atom is 0.134 e. The Hall–Kier alpha value is -1.55. The first-order chi connectivity index (χ1) is 9.17. The number of nitrogens with one attached hydrogen (secondary N) is 1. The number of benzene rings is 1. The van der Waals surface area contributed by atoms with Crippen LogP contribution < -0.4 is 5.32 Å². The van der Waals surface area contributed by atoms with Crippen molar-refractivity contribution in [3.05, 3.63) is 29.3 Å². The number of rotatable bonds is 5. The number of para-hydroxylation sites is 1. The normalized spacial score (nSPS) is 15.8. The lowest BCUT2D eigenvalue weighted by Crippen LogP contribution is -2.38. The van der Waals surface area contributed by atoms with Crippen LogP contribution in [0.2, 0.25) is 0 Å². The summed E-state index contributed by atoms with van der Waals surface area (Å²) in [6.45, 7) is 5.94. The van der Waals surface area contributed by atoms with Gasteiger partial charge in [-0.3, -0.25) is 10.0 Å². The van der Waals surface area contributed by atoms with E-state index in [0.29, 0.717) is 0 Å². The second-order valence-corrected chi connectivity index (χ2v) is 4.91. The molecule has 1 aromatic rings. The number of hydrogen-bond donors (Lipinski definition) is 1. The molecule has 0 fully saturated rings. The minimum atomic E-state index is 0.754. The molecule has 0 amide bonds. The fraction of sp³-hybridized carbons (Fsp3) is 0.533. The first-order valence-corrected chi connectivity index (χ1v) is 7.00. The van der Waals surface area contributed by atoms with Crippen molar-refractivity contribution in [3.8, 4) is 0 Å². The van der Waals surface area contributed by atoms with Crippen molar-refractivity contribution >= 4 is 11.5 Å². The standard InChI is InChI=1S/C15H24N4/c1-5-12-8-7-9-13(6-2)15(12)16-10-14-17-11-18(3)19(14)4/h7-9,16H,5-6,10-11H2,1-4H3. The van der Waals surface area contributed by atoms with Gasteiger partial charge in [-0.2, -0.15) is 0 Å². The SMILES string of the molecule is CCc1cccc(CC)c1NCC1=NCN(C)N1C. The van der Waals surface area contributed by atoms with Crippen LogP contribution >= 0.6 is 0 Å². The quantitative estimate of drug-likeness (QED) is 0.882. The zero-order valence-corrected chi connectivity index (χ0v) is 12.4. The van der Waals surface area contributed by atoms with Gasteiger partial charge >= 0.3 is 0 Å². The first kappa shape index (κ1) is 13.9. The van der Waals surface area contributed by atoms with Crippen molar-refractivity contribution < 1.29 is 0 Å². The van der Waals surface area contributed by atoms with Crippen molar-refractivity contribution in [1.29, 1.82) is 0 Å². The molecule has 0 spiro atoms. The summed E-state index contributed by atoms with van der Waals surface area (Å²) in [6.07, 6.45) is 2.11. The number of likely N-dealkylation sites (N-methyl/N-ethyl adjacent to an activating group) is 1. The van der Waals surface area contributed by atoms with Crippen LogP contribution in [0.25, 0.3) is 0 Å². The van der Waals surface area contributed by atoms with E-state index in [0.717, 1.165) is 31.9 Å². The van der Waals surface area contributed by atoms with Crippen LogP contribution in [0.15, 0.2) is 23.2 Å². The Labute approximate surface area is 116 Å². The molecule has 1 aromatic carbocycles. The third kappa shape index (κ3) is 2.89. The molecule has 0 saturated carbocycles. The largest absolute Gasteiger partial charge is 0.377 e. The molecule has 0 aliphatic carbocycles. The molecule has 1 heterocycles. The van der Waals surface area contributed by atoms with Gasteiger partial charge in [-0.25, -0.2) is 5.01 Å². The molecular weight excluding hydrogens is 236 g/mol. The molecule has 1 aliphatic heterocycles. The third-order valence-electron chi connectivity index (χ3n) is 3.77. The lowest BCUT2D eigenvalue weighted by molar-refractivity contribution is 0.134.